The van der Waals surface area contributed by atoms with E-state index in [0.717, 1.165) is 24.8 Å². The van der Waals surface area contributed by atoms with Gasteiger partial charge in [0.2, 0.25) is 11.8 Å². The van der Waals surface area contributed by atoms with Crippen molar-refractivity contribution >= 4 is 40.2 Å². The zero-order chi connectivity index (χ0) is 24.3. The molecule has 1 N–H and O–H groups in total. The quantitative estimate of drug-likeness (QED) is 0.533. The van der Waals surface area contributed by atoms with Crippen molar-refractivity contribution < 1.29 is 14.4 Å². The molecule has 0 spiro atoms. The number of nitrogens with one attached hydrogen (secondary N) is 1. The van der Waals surface area contributed by atoms with Gasteiger partial charge in [0, 0.05) is 36.1 Å². The number of hydrogen-bond donors (Lipinski definition) is 1. The molecule has 3 aliphatic rings. The molecule has 180 valence electrons. The van der Waals surface area contributed by atoms with E-state index in [1.54, 1.807) is 23.2 Å². The summed E-state index contributed by atoms with van der Waals surface area (Å²) in [6.45, 7) is 1.40. The summed E-state index contributed by atoms with van der Waals surface area (Å²) >= 11 is 6.13. The van der Waals surface area contributed by atoms with Gasteiger partial charge in [0.1, 0.15) is 18.3 Å². The highest BCUT2D eigenvalue weighted by Crippen LogP contribution is 2.45. The van der Waals surface area contributed by atoms with E-state index in [9.17, 15) is 14.4 Å². The number of halogens is 1. The second kappa shape index (κ2) is 8.45. The fraction of sp³-hybridized carbons (Fsp3) is 0.423. The van der Waals surface area contributed by atoms with E-state index in [2.05, 4.69) is 15.4 Å². The van der Waals surface area contributed by atoms with Crippen molar-refractivity contribution in [2.45, 2.75) is 63.2 Å². The smallest absolute Gasteiger partial charge is 0.245 e. The normalized spacial score (nSPS) is 26.8. The lowest BCUT2D eigenvalue weighted by Crippen LogP contribution is -2.52. The molecule has 0 bridgehead atoms. The summed E-state index contributed by atoms with van der Waals surface area (Å²) in [5.74, 6) is 0.189. The number of ketones is 1. The van der Waals surface area contributed by atoms with Gasteiger partial charge in [-0.3, -0.25) is 14.4 Å². The lowest BCUT2D eigenvalue weighted by atomic mass is 9.80. The average molecular weight is 492 g/mol. The fourth-order valence-electron chi connectivity index (χ4n) is 5.74. The first-order chi connectivity index (χ1) is 16.9. The average Bonchev–Trinajstić information content (AvgIpc) is 3.40. The Morgan fingerprint density at radius 3 is 2.74 bits per heavy atom. The SMILES string of the molecule is CC(=O)c1nn(CC(=O)N2[C@@H]3CC[C@@H]3C[C@H]2C(=O)NC2CC2c2cccc(Cl)c2)c2ncccc12. The van der Waals surface area contributed by atoms with Crippen molar-refractivity contribution in [1.82, 2.24) is 25.0 Å². The van der Waals surface area contributed by atoms with Crippen LogP contribution in [0.4, 0.5) is 0 Å². The molecule has 2 saturated carbocycles. The molecule has 0 radical (unpaired) electrons. The van der Waals surface area contributed by atoms with Crippen LogP contribution < -0.4 is 5.32 Å². The lowest BCUT2D eigenvalue weighted by Gasteiger charge is -2.37. The third-order valence-electron chi connectivity index (χ3n) is 7.71. The van der Waals surface area contributed by atoms with Gasteiger partial charge in [-0.05, 0) is 61.4 Å². The zero-order valence-corrected chi connectivity index (χ0v) is 20.1. The van der Waals surface area contributed by atoms with E-state index in [1.165, 1.54) is 11.6 Å². The summed E-state index contributed by atoms with van der Waals surface area (Å²) in [6.07, 6.45) is 5.13. The maximum atomic E-state index is 13.5. The predicted molar refractivity (Wildman–Crippen MR) is 130 cm³/mol. The monoisotopic (exact) mass is 491 g/mol. The number of pyridine rings is 1. The van der Waals surface area contributed by atoms with Crippen molar-refractivity contribution in [1.29, 1.82) is 0 Å². The number of rotatable bonds is 6. The van der Waals surface area contributed by atoms with E-state index in [4.69, 9.17) is 11.6 Å². The van der Waals surface area contributed by atoms with Crippen molar-refractivity contribution in [3.05, 3.63) is 58.9 Å². The number of hydrogen-bond acceptors (Lipinski definition) is 5. The van der Waals surface area contributed by atoms with Gasteiger partial charge in [0.05, 0.1) is 5.39 Å². The largest absolute Gasteiger partial charge is 0.351 e. The van der Waals surface area contributed by atoms with Crippen molar-refractivity contribution in [2.24, 2.45) is 5.92 Å². The third kappa shape index (κ3) is 3.89. The minimum Gasteiger partial charge on any atom is -0.351 e. The molecule has 3 fully saturated rings. The molecule has 1 aromatic carbocycles. The minimum absolute atomic E-state index is 0.0532. The van der Waals surface area contributed by atoms with Gasteiger partial charge in [0.25, 0.3) is 0 Å². The number of nitrogens with zero attached hydrogens (tertiary/aromatic N) is 4. The second-order valence-corrected chi connectivity index (χ2v) is 10.3. The van der Waals surface area contributed by atoms with Gasteiger partial charge in [-0.25, -0.2) is 9.67 Å². The van der Waals surface area contributed by atoms with Gasteiger partial charge in [-0.15, -0.1) is 0 Å². The molecule has 6 rings (SSSR count). The van der Waals surface area contributed by atoms with E-state index < -0.39 is 6.04 Å². The second-order valence-electron chi connectivity index (χ2n) is 9.91. The topological polar surface area (TPSA) is 97.2 Å². The van der Waals surface area contributed by atoms with Crippen LogP contribution in [0, 0.1) is 5.92 Å². The minimum atomic E-state index is -0.484. The van der Waals surface area contributed by atoms with E-state index in [1.807, 2.05) is 24.3 Å². The van der Waals surface area contributed by atoms with Crippen LogP contribution in [-0.4, -0.2) is 55.4 Å². The van der Waals surface area contributed by atoms with Crippen LogP contribution in [0.5, 0.6) is 0 Å². The Hall–Kier alpha value is -3.26. The van der Waals surface area contributed by atoms with Gasteiger partial charge in [-0.1, -0.05) is 23.7 Å². The molecule has 1 saturated heterocycles. The first kappa shape index (κ1) is 22.2. The van der Waals surface area contributed by atoms with Crippen LogP contribution in [0.2, 0.25) is 5.02 Å². The number of carbonyl (C=O) groups is 3. The number of Topliss-reactive ketones (excluding diaryl/α,β-unsaturated/α-hetero) is 1. The molecular weight excluding hydrogens is 466 g/mol. The highest BCUT2D eigenvalue weighted by molar-refractivity contribution is 6.30. The van der Waals surface area contributed by atoms with Crippen LogP contribution in [-0.2, 0) is 16.1 Å². The predicted octanol–water partition coefficient (Wildman–Crippen LogP) is 3.34. The highest BCUT2D eigenvalue weighted by atomic mass is 35.5. The highest BCUT2D eigenvalue weighted by Gasteiger charge is 2.52. The molecule has 1 aliphatic heterocycles. The maximum Gasteiger partial charge on any atom is 0.245 e. The molecule has 2 aromatic heterocycles. The molecule has 5 atom stereocenters. The molecular formula is C26H26ClN5O3. The Morgan fingerprint density at radius 2 is 2.00 bits per heavy atom. The molecule has 3 aromatic rings. The maximum absolute atomic E-state index is 13.5. The van der Waals surface area contributed by atoms with Crippen molar-refractivity contribution in [3.63, 3.8) is 0 Å². The number of fused-ring (bicyclic) bond motifs is 2. The summed E-state index contributed by atoms with van der Waals surface area (Å²) in [4.78, 5) is 45.0. The molecule has 9 heteroatoms. The molecule has 35 heavy (non-hydrogen) atoms. The number of likely N-dealkylation sites (tertiary alicyclic amines) is 1. The Balaban J connectivity index is 1.19. The summed E-state index contributed by atoms with van der Waals surface area (Å²) in [5, 5.41) is 8.88. The van der Waals surface area contributed by atoms with Crippen LogP contribution in [0.25, 0.3) is 11.0 Å². The summed E-state index contributed by atoms with van der Waals surface area (Å²) in [7, 11) is 0. The van der Waals surface area contributed by atoms with Crippen LogP contribution in [0.1, 0.15) is 54.6 Å². The Kier molecular flexibility index (Phi) is 5.36. The van der Waals surface area contributed by atoms with E-state index in [-0.39, 0.29) is 42.1 Å². The van der Waals surface area contributed by atoms with Crippen LogP contribution in [0.3, 0.4) is 0 Å². The first-order valence-electron chi connectivity index (χ1n) is 12.1. The Labute approximate surface area is 207 Å². The van der Waals surface area contributed by atoms with Gasteiger partial charge < -0.3 is 10.2 Å². The summed E-state index contributed by atoms with van der Waals surface area (Å²) in [5.41, 5.74) is 1.93. The van der Waals surface area contributed by atoms with E-state index in [0.29, 0.717) is 34.1 Å². The van der Waals surface area contributed by atoms with Gasteiger partial charge in [0.15, 0.2) is 11.4 Å². The Bertz CT molecular complexity index is 1350. The van der Waals surface area contributed by atoms with Crippen LogP contribution in [0.15, 0.2) is 42.6 Å². The van der Waals surface area contributed by atoms with Gasteiger partial charge >= 0.3 is 0 Å². The van der Waals surface area contributed by atoms with Crippen molar-refractivity contribution in [2.75, 3.05) is 0 Å². The van der Waals surface area contributed by atoms with Crippen molar-refractivity contribution in [3.8, 4) is 0 Å². The standard InChI is InChI=1S/C26H26ClN5O3/c1-14(33)24-18-6-3-9-28-25(18)31(30-24)13-23(34)32-21-8-7-16(21)11-22(32)26(35)29-20-12-19(20)15-4-2-5-17(27)10-15/h2-6,9-10,16,19-22H,7-8,11-13H2,1H3,(H,29,35)/t16-,19?,20?,21-,22+/m1/s1. The molecule has 2 amide bonds. The third-order valence-corrected chi connectivity index (χ3v) is 7.94. The van der Waals surface area contributed by atoms with Gasteiger partial charge in [-0.2, -0.15) is 5.10 Å². The number of aromatic nitrogens is 3. The van der Waals surface area contributed by atoms with Crippen LogP contribution >= 0.6 is 11.6 Å². The zero-order valence-electron chi connectivity index (χ0n) is 19.4. The number of amides is 2. The summed E-state index contributed by atoms with van der Waals surface area (Å²) in [6, 6.07) is 10.9. The summed E-state index contributed by atoms with van der Waals surface area (Å²) < 4.78 is 1.49. The number of carbonyl (C=O) groups excluding carboxylic acids is 3. The lowest BCUT2D eigenvalue weighted by molar-refractivity contribution is -0.142. The fourth-order valence-corrected chi connectivity index (χ4v) is 5.94. The number of benzene rings is 1. The Morgan fingerprint density at radius 1 is 1.14 bits per heavy atom. The molecule has 2 aliphatic carbocycles. The first-order valence-corrected chi connectivity index (χ1v) is 12.5. The van der Waals surface area contributed by atoms with E-state index >= 15 is 0 Å². The molecule has 2 unspecified atom stereocenters. The molecule has 3 heterocycles. The molecule has 8 nitrogen and oxygen atoms in total.